The maximum absolute atomic E-state index is 11.4. The van der Waals surface area contributed by atoms with Crippen molar-refractivity contribution in [1.82, 2.24) is 10.6 Å². The number of nitrogens with zero attached hydrogens (tertiary/aromatic N) is 1. The van der Waals surface area contributed by atoms with Gasteiger partial charge < -0.3 is 20.2 Å². The van der Waals surface area contributed by atoms with E-state index in [0.29, 0.717) is 31.2 Å². The zero-order chi connectivity index (χ0) is 20.0. The highest BCUT2D eigenvalue weighted by Gasteiger charge is 2.27. The van der Waals surface area contributed by atoms with Crippen molar-refractivity contribution in [3.63, 3.8) is 0 Å². The normalized spacial score (nSPS) is 15.6. The van der Waals surface area contributed by atoms with Gasteiger partial charge in [0.15, 0.2) is 5.96 Å². The van der Waals surface area contributed by atoms with Gasteiger partial charge in [0, 0.05) is 19.3 Å². The number of hydrogen-bond acceptors (Lipinski definition) is 5. The van der Waals surface area contributed by atoms with Gasteiger partial charge in [-0.2, -0.15) is 0 Å². The fraction of sp³-hybridized carbons (Fsp3) is 0.722. The van der Waals surface area contributed by atoms with Crippen molar-refractivity contribution in [2.24, 2.45) is 10.4 Å². The summed E-state index contributed by atoms with van der Waals surface area (Å²) in [6, 6.07) is 3.57. The third kappa shape index (κ3) is 8.23. The van der Waals surface area contributed by atoms with Gasteiger partial charge in [0.1, 0.15) is 27.0 Å². The van der Waals surface area contributed by atoms with E-state index < -0.39 is 15.4 Å². The maximum atomic E-state index is 11.4. The van der Waals surface area contributed by atoms with E-state index in [-0.39, 0.29) is 17.7 Å². The number of aliphatic imine (C=N–C) groups is 1. The molecular weight excluding hydrogens is 354 g/mol. The van der Waals surface area contributed by atoms with E-state index in [4.69, 9.17) is 4.42 Å². The van der Waals surface area contributed by atoms with E-state index in [1.54, 1.807) is 13.0 Å². The molecule has 0 saturated carbocycles. The van der Waals surface area contributed by atoms with E-state index in [9.17, 15) is 13.5 Å². The average Bonchev–Trinajstić information content (AvgIpc) is 2.95. The van der Waals surface area contributed by atoms with Gasteiger partial charge in [-0.1, -0.05) is 13.8 Å². The lowest BCUT2D eigenvalue weighted by Gasteiger charge is -2.25. The molecule has 1 aromatic heterocycles. The zero-order valence-corrected chi connectivity index (χ0v) is 17.5. The summed E-state index contributed by atoms with van der Waals surface area (Å²) in [4.78, 5) is 4.55. The number of nitrogens with one attached hydrogen (secondary N) is 2. The summed E-state index contributed by atoms with van der Waals surface area (Å²) in [5.74, 6) is 1.95. The summed E-state index contributed by atoms with van der Waals surface area (Å²) >= 11 is 0. The lowest BCUT2D eigenvalue weighted by atomic mass is 9.90. The van der Waals surface area contributed by atoms with Crippen molar-refractivity contribution in [1.29, 1.82) is 0 Å². The summed E-state index contributed by atoms with van der Waals surface area (Å²) in [6.45, 7) is 10.8. The van der Waals surface area contributed by atoms with Gasteiger partial charge in [0.25, 0.3) is 0 Å². The van der Waals surface area contributed by atoms with Crippen LogP contribution in [0.3, 0.4) is 0 Å². The van der Waals surface area contributed by atoms with Gasteiger partial charge in [-0.3, -0.25) is 4.99 Å². The van der Waals surface area contributed by atoms with Crippen molar-refractivity contribution >= 4 is 15.8 Å². The zero-order valence-electron chi connectivity index (χ0n) is 16.7. The number of aryl methyl sites for hydroxylation is 1. The molecule has 7 nitrogen and oxygen atoms in total. The van der Waals surface area contributed by atoms with Crippen LogP contribution in [0.4, 0.5) is 0 Å². The Morgan fingerprint density at radius 1 is 1.27 bits per heavy atom. The summed E-state index contributed by atoms with van der Waals surface area (Å²) in [5.41, 5.74) is -1.41. The Morgan fingerprint density at radius 3 is 2.42 bits per heavy atom. The molecule has 8 heteroatoms. The lowest BCUT2D eigenvalue weighted by Crippen LogP contribution is -2.44. The molecule has 1 unspecified atom stereocenters. The molecule has 3 N–H and O–H groups in total. The van der Waals surface area contributed by atoms with E-state index in [2.05, 4.69) is 15.6 Å². The number of guanidine groups is 1. The van der Waals surface area contributed by atoms with Crippen molar-refractivity contribution < 1.29 is 17.9 Å². The van der Waals surface area contributed by atoms with Crippen LogP contribution in [0.2, 0.25) is 0 Å². The molecule has 150 valence electrons. The van der Waals surface area contributed by atoms with E-state index in [1.165, 1.54) is 6.26 Å². The highest BCUT2D eigenvalue weighted by molar-refractivity contribution is 7.90. The van der Waals surface area contributed by atoms with Gasteiger partial charge in [0.2, 0.25) is 0 Å². The molecule has 0 aliphatic heterocycles. The molecule has 0 amide bonds. The van der Waals surface area contributed by atoms with Gasteiger partial charge in [-0.05, 0) is 44.7 Å². The molecule has 1 atom stereocenters. The Bertz CT molecular complexity index is 706. The Labute approximate surface area is 157 Å². The summed E-state index contributed by atoms with van der Waals surface area (Å²) in [6.07, 6.45) is 1.79. The third-order valence-electron chi connectivity index (χ3n) is 4.03. The first-order valence-corrected chi connectivity index (χ1v) is 10.9. The van der Waals surface area contributed by atoms with Crippen LogP contribution in [-0.4, -0.2) is 51.1 Å². The molecule has 1 heterocycles. The van der Waals surface area contributed by atoms with Crippen LogP contribution in [0.15, 0.2) is 21.5 Å². The van der Waals surface area contributed by atoms with Gasteiger partial charge in [0.05, 0.1) is 12.3 Å². The number of sulfone groups is 1. The lowest BCUT2D eigenvalue weighted by molar-refractivity contribution is 0.0378. The number of hydrogen-bond donors (Lipinski definition) is 3. The molecule has 1 aromatic rings. The first kappa shape index (κ1) is 22.5. The summed E-state index contributed by atoms with van der Waals surface area (Å²) in [7, 11) is -2.99. The van der Waals surface area contributed by atoms with Gasteiger partial charge >= 0.3 is 0 Å². The van der Waals surface area contributed by atoms with Gasteiger partial charge in [-0.25, -0.2) is 8.42 Å². The molecule has 0 radical (unpaired) electrons. The maximum Gasteiger partial charge on any atom is 0.191 e. The second-order valence-corrected chi connectivity index (χ2v) is 10.0. The van der Waals surface area contributed by atoms with Crippen LogP contribution in [0.5, 0.6) is 0 Å². The predicted octanol–water partition coefficient (Wildman–Crippen LogP) is 1.81. The Morgan fingerprint density at radius 2 is 1.92 bits per heavy atom. The number of furan rings is 1. The van der Waals surface area contributed by atoms with Crippen LogP contribution < -0.4 is 10.6 Å². The van der Waals surface area contributed by atoms with E-state index in [0.717, 1.165) is 5.76 Å². The SMILES string of the molecule is CCNC(=NCC(C)(C)CCS(C)(=O)=O)NCC(C)(O)c1ccc(C)o1. The van der Waals surface area contributed by atoms with Crippen LogP contribution in [-0.2, 0) is 15.4 Å². The quantitative estimate of drug-likeness (QED) is 0.441. The number of aliphatic hydroxyl groups is 1. The van der Waals surface area contributed by atoms with E-state index >= 15 is 0 Å². The Hall–Kier alpha value is -1.54. The Balaban J connectivity index is 2.71. The first-order chi connectivity index (χ1) is 11.8. The molecule has 0 aliphatic rings. The topological polar surface area (TPSA) is 104 Å². The highest BCUT2D eigenvalue weighted by atomic mass is 32.2. The van der Waals surface area contributed by atoms with E-state index in [1.807, 2.05) is 33.8 Å². The summed E-state index contributed by atoms with van der Waals surface area (Å²) in [5, 5.41) is 16.9. The standard InChI is InChI=1S/C18H33N3O4S/c1-7-19-16(20-12-17(3,4)10-11-26(6,23)24)21-13-18(5,22)15-9-8-14(2)25-15/h8-9,22H,7,10-13H2,1-6H3,(H2,19,20,21). The molecule has 0 spiro atoms. The molecule has 26 heavy (non-hydrogen) atoms. The fourth-order valence-corrected chi connectivity index (χ4v) is 3.17. The van der Waals surface area contributed by atoms with Crippen LogP contribution >= 0.6 is 0 Å². The van der Waals surface area contributed by atoms with Gasteiger partial charge in [-0.15, -0.1) is 0 Å². The second kappa shape index (κ2) is 8.90. The second-order valence-electron chi connectivity index (χ2n) is 7.78. The highest BCUT2D eigenvalue weighted by Crippen LogP contribution is 2.23. The van der Waals surface area contributed by atoms with Crippen molar-refractivity contribution in [3.8, 4) is 0 Å². The predicted molar refractivity (Wildman–Crippen MR) is 105 cm³/mol. The molecule has 0 aromatic carbocycles. The van der Waals surface area contributed by atoms with Crippen molar-refractivity contribution in [3.05, 3.63) is 23.7 Å². The minimum absolute atomic E-state index is 0.145. The van der Waals surface area contributed by atoms with Crippen molar-refractivity contribution in [2.75, 3.05) is 31.6 Å². The monoisotopic (exact) mass is 387 g/mol. The first-order valence-electron chi connectivity index (χ1n) is 8.84. The third-order valence-corrected chi connectivity index (χ3v) is 4.98. The van der Waals surface area contributed by atoms with Crippen molar-refractivity contribution in [2.45, 2.75) is 46.6 Å². The molecular formula is C18H33N3O4S. The molecule has 0 saturated heterocycles. The largest absolute Gasteiger partial charge is 0.463 e. The van der Waals surface area contributed by atoms with Crippen LogP contribution in [0, 0.1) is 12.3 Å². The minimum Gasteiger partial charge on any atom is -0.463 e. The molecule has 0 aliphatic carbocycles. The smallest absolute Gasteiger partial charge is 0.191 e. The Kier molecular flexibility index (Phi) is 7.70. The van der Waals surface area contributed by atoms with Crippen LogP contribution in [0.1, 0.15) is 45.6 Å². The fourth-order valence-electron chi connectivity index (χ4n) is 2.24. The average molecular weight is 388 g/mol. The summed E-state index contributed by atoms with van der Waals surface area (Å²) < 4.78 is 28.3. The van der Waals surface area contributed by atoms with Crippen LogP contribution in [0.25, 0.3) is 0 Å². The molecule has 1 rings (SSSR count). The number of rotatable bonds is 9. The minimum atomic E-state index is -2.99. The molecule has 0 fully saturated rings. The molecule has 0 bridgehead atoms.